The molecule has 6 nitrogen and oxygen atoms in total. The van der Waals surface area contributed by atoms with Crippen LogP contribution in [0.1, 0.15) is 18.4 Å². The van der Waals surface area contributed by atoms with Crippen molar-refractivity contribution in [1.82, 2.24) is 4.72 Å². The molecule has 0 aliphatic carbocycles. The van der Waals surface area contributed by atoms with Crippen LogP contribution in [0.5, 0.6) is 5.75 Å². The fourth-order valence-electron chi connectivity index (χ4n) is 2.39. The summed E-state index contributed by atoms with van der Waals surface area (Å²) < 4.78 is 38.3. The minimum absolute atomic E-state index is 0.0726. The van der Waals surface area contributed by atoms with Crippen LogP contribution in [0.25, 0.3) is 0 Å². The van der Waals surface area contributed by atoms with Gasteiger partial charge in [0, 0.05) is 19.3 Å². The number of methoxy groups -OCH3 is 1. The van der Waals surface area contributed by atoms with Crippen molar-refractivity contribution in [3.8, 4) is 5.75 Å². The average Bonchev–Trinajstić information content (AvgIpc) is 2.48. The lowest BCUT2D eigenvalue weighted by atomic mass is 10.1. The molecule has 2 rings (SSSR count). The van der Waals surface area contributed by atoms with Crippen LogP contribution in [0.2, 0.25) is 0 Å². The number of hydrogen-bond acceptors (Lipinski definition) is 5. The summed E-state index contributed by atoms with van der Waals surface area (Å²) in [4.78, 5) is 0.278. The van der Waals surface area contributed by atoms with Crippen LogP contribution in [0, 0.1) is 0 Å². The van der Waals surface area contributed by atoms with E-state index in [1.807, 2.05) is 0 Å². The Morgan fingerprint density at radius 3 is 2.71 bits per heavy atom. The third-order valence-electron chi connectivity index (χ3n) is 3.51. The smallest absolute Gasteiger partial charge is 0.241 e. The van der Waals surface area contributed by atoms with Gasteiger partial charge in [-0.2, -0.15) is 0 Å². The molecule has 0 atom stereocenters. The summed E-state index contributed by atoms with van der Waals surface area (Å²) in [6.45, 7) is 1.56. The van der Waals surface area contributed by atoms with Crippen molar-refractivity contribution in [1.29, 1.82) is 0 Å². The van der Waals surface area contributed by atoms with Crippen molar-refractivity contribution in [3.63, 3.8) is 0 Å². The SMILES string of the molecule is COc1ccc(S(=O)(=O)NC2CCOCC2)c(CCN)c1. The predicted molar refractivity (Wildman–Crippen MR) is 79.9 cm³/mol. The molecular formula is C14H22N2O4S. The topological polar surface area (TPSA) is 90.7 Å². The molecular weight excluding hydrogens is 292 g/mol. The van der Waals surface area contributed by atoms with E-state index >= 15 is 0 Å². The lowest BCUT2D eigenvalue weighted by Crippen LogP contribution is -2.39. The van der Waals surface area contributed by atoms with Crippen LogP contribution in [0.15, 0.2) is 23.1 Å². The molecule has 0 saturated carbocycles. The van der Waals surface area contributed by atoms with E-state index in [9.17, 15) is 8.42 Å². The van der Waals surface area contributed by atoms with E-state index in [0.29, 0.717) is 50.3 Å². The Kier molecular flexibility index (Phi) is 5.58. The molecule has 0 radical (unpaired) electrons. The van der Waals surface area contributed by atoms with Crippen molar-refractivity contribution in [3.05, 3.63) is 23.8 Å². The molecule has 0 bridgehead atoms. The fraction of sp³-hybridized carbons (Fsp3) is 0.571. The Morgan fingerprint density at radius 2 is 2.10 bits per heavy atom. The van der Waals surface area contributed by atoms with Gasteiger partial charge >= 0.3 is 0 Å². The maximum absolute atomic E-state index is 12.6. The van der Waals surface area contributed by atoms with Gasteiger partial charge < -0.3 is 15.2 Å². The fourth-order valence-corrected chi connectivity index (χ4v) is 3.95. The highest BCUT2D eigenvalue weighted by Gasteiger charge is 2.24. The maximum Gasteiger partial charge on any atom is 0.241 e. The molecule has 1 aromatic carbocycles. The first-order valence-electron chi connectivity index (χ1n) is 7.04. The Morgan fingerprint density at radius 1 is 1.38 bits per heavy atom. The van der Waals surface area contributed by atoms with Crippen LogP contribution in [0.3, 0.4) is 0 Å². The lowest BCUT2D eigenvalue weighted by molar-refractivity contribution is 0.0832. The Hall–Kier alpha value is -1.15. The standard InChI is InChI=1S/C14H22N2O4S/c1-19-13-2-3-14(11(10-13)4-7-15)21(17,18)16-12-5-8-20-9-6-12/h2-3,10,12,16H,4-9,15H2,1H3. The van der Waals surface area contributed by atoms with E-state index in [-0.39, 0.29) is 10.9 Å². The van der Waals surface area contributed by atoms with Crippen LogP contribution >= 0.6 is 0 Å². The third kappa shape index (κ3) is 4.16. The first-order valence-corrected chi connectivity index (χ1v) is 8.52. The average molecular weight is 314 g/mol. The first kappa shape index (κ1) is 16.2. The first-order chi connectivity index (χ1) is 10.1. The van der Waals surface area contributed by atoms with Gasteiger partial charge in [-0.1, -0.05) is 0 Å². The summed E-state index contributed by atoms with van der Waals surface area (Å²) in [5.74, 6) is 0.628. The highest BCUT2D eigenvalue weighted by Crippen LogP contribution is 2.23. The second-order valence-electron chi connectivity index (χ2n) is 5.02. The monoisotopic (exact) mass is 314 g/mol. The number of hydrogen-bond donors (Lipinski definition) is 2. The maximum atomic E-state index is 12.6. The molecule has 3 N–H and O–H groups in total. The van der Waals surface area contributed by atoms with Crippen LogP contribution in [0.4, 0.5) is 0 Å². The van der Waals surface area contributed by atoms with Crippen LogP contribution < -0.4 is 15.2 Å². The van der Waals surface area contributed by atoms with Gasteiger partial charge in [0.25, 0.3) is 0 Å². The zero-order chi connectivity index (χ0) is 15.3. The van der Waals surface area contributed by atoms with E-state index < -0.39 is 10.0 Å². The molecule has 118 valence electrons. The molecule has 1 aromatic rings. The van der Waals surface area contributed by atoms with Gasteiger partial charge in [0.05, 0.1) is 12.0 Å². The lowest BCUT2D eigenvalue weighted by Gasteiger charge is -2.23. The summed E-state index contributed by atoms with van der Waals surface area (Å²) in [5.41, 5.74) is 6.25. The van der Waals surface area contributed by atoms with E-state index in [2.05, 4.69) is 4.72 Å². The van der Waals surface area contributed by atoms with Crippen LogP contribution in [-0.4, -0.2) is 41.3 Å². The van der Waals surface area contributed by atoms with Crippen molar-refractivity contribution < 1.29 is 17.9 Å². The van der Waals surface area contributed by atoms with Gasteiger partial charge in [-0.3, -0.25) is 0 Å². The summed E-state index contributed by atoms with van der Waals surface area (Å²) >= 11 is 0. The molecule has 0 unspecified atom stereocenters. The second-order valence-corrected chi connectivity index (χ2v) is 6.70. The molecule has 7 heteroatoms. The zero-order valence-electron chi connectivity index (χ0n) is 12.2. The number of rotatable bonds is 6. The molecule has 0 spiro atoms. The van der Waals surface area contributed by atoms with Gasteiger partial charge in [0.2, 0.25) is 10.0 Å². The summed E-state index contributed by atoms with van der Waals surface area (Å²) in [6.07, 6.45) is 1.88. The van der Waals surface area contributed by atoms with Crippen molar-refractivity contribution in [2.45, 2.75) is 30.2 Å². The minimum atomic E-state index is -3.55. The van der Waals surface area contributed by atoms with Gasteiger partial charge in [0.15, 0.2) is 0 Å². The van der Waals surface area contributed by atoms with Crippen molar-refractivity contribution in [2.75, 3.05) is 26.9 Å². The summed E-state index contributed by atoms with van der Waals surface area (Å²) in [6, 6.07) is 4.88. The molecule has 1 aliphatic rings. The molecule has 1 fully saturated rings. The number of sulfonamides is 1. The molecule has 21 heavy (non-hydrogen) atoms. The van der Waals surface area contributed by atoms with Crippen molar-refractivity contribution >= 4 is 10.0 Å². The Balaban J connectivity index is 2.25. The van der Waals surface area contributed by atoms with Crippen molar-refractivity contribution in [2.24, 2.45) is 5.73 Å². The molecule has 0 amide bonds. The molecule has 1 heterocycles. The molecule has 0 aromatic heterocycles. The number of benzene rings is 1. The van der Waals surface area contributed by atoms with Gasteiger partial charge in [0.1, 0.15) is 5.75 Å². The predicted octanol–water partition coefficient (Wildman–Crippen LogP) is 0.654. The molecule has 1 aliphatic heterocycles. The summed E-state index contributed by atoms with van der Waals surface area (Å²) in [7, 11) is -2.00. The second kappa shape index (κ2) is 7.22. The van der Waals surface area contributed by atoms with E-state index in [1.165, 1.54) is 0 Å². The highest BCUT2D eigenvalue weighted by molar-refractivity contribution is 7.89. The Labute approximate surface area is 125 Å². The van der Waals surface area contributed by atoms with Crippen LogP contribution in [-0.2, 0) is 21.2 Å². The number of nitrogens with one attached hydrogen (secondary N) is 1. The van der Waals surface area contributed by atoms with E-state index in [1.54, 1.807) is 25.3 Å². The zero-order valence-corrected chi connectivity index (χ0v) is 13.0. The minimum Gasteiger partial charge on any atom is -0.497 e. The normalized spacial score (nSPS) is 16.9. The van der Waals surface area contributed by atoms with E-state index in [4.69, 9.17) is 15.2 Å². The highest BCUT2D eigenvalue weighted by atomic mass is 32.2. The third-order valence-corrected chi connectivity index (χ3v) is 5.13. The quantitative estimate of drug-likeness (QED) is 0.805. The number of ether oxygens (including phenoxy) is 2. The van der Waals surface area contributed by atoms with E-state index in [0.717, 1.165) is 0 Å². The summed E-state index contributed by atoms with van der Waals surface area (Å²) in [5, 5.41) is 0. The molecule has 1 saturated heterocycles. The number of nitrogens with two attached hydrogens (primary N) is 1. The van der Waals surface area contributed by atoms with Gasteiger partial charge in [-0.15, -0.1) is 0 Å². The Bertz CT molecular complexity index is 568. The van der Waals surface area contributed by atoms with Gasteiger partial charge in [-0.25, -0.2) is 13.1 Å². The van der Waals surface area contributed by atoms with Gasteiger partial charge in [-0.05, 0) is 49.6 Å². The largest absolute Gasteiger partial charge is 0.497 e.